The number of aryl methyl sites for hydroxylation is 1. The van der Waals surface area contributed by atoms with Crippen LogP contribution in [0.5, 0.6) is 0 Å². The number of benzene rings is 2. The number of para-hydroxylation sites is 2. The van der Waals surface area contributed by atoms with E-state index >= 15 is 0 Å². The maximum absolute atomic E-state index is 13.2. The van der Waals surface area contributed by atoms with Crippen molar-refractivity contribution < 1.29 is 14.3 Å². The van der Waals surface area contributed by atoms with Gasteiger partial charge in [0.05, 0.1) is 0 Å². The Morgan fingerprint density at radius 3 is 2.50 bits per heavy atom. The number of hydrogen-bond donors (Lipinski definition) is 3. The number of fused-ring (bicyclic) bond motifs is 2. The Bertz CT molecular complexity index is 1310. The molecule has 0 fully saturated rings. The third-order valence-electron chi connectivity index (χ3n) is 5.78. The molecule has 2 heterocycles. The Kier molecular flexibility index (Phi) is 6.63. The summed E-state index contributed by atoms with van der Waals surface area (Å²) in [4.78, 5) is 29.0. The van der Waals surface area contributed by atoms with Crippen molar-refractivity contribution in [3.05, 3.63) is 72.1 Å². The van der Waals surface area contributed by atoms with Gasteiger partial charge in [0, 0.05) is 54.2 Å². The van der Waals surface area contributed by atoms with E-state index < -0.39 is 17.7 Å². The Balaban J connectivity index is 1.48. The molecule has 3 N–H and O–H groups in total. The number of ether oxygens (including phenoxy) is 1. The lowest BCUT2D eigenvalue weighted by Crippen LogP contribution is -2.49. The van der Waals surface area contributed by atoms with E-state index in [0.29, 0.717) is 19.4 Å². The number of aromatic amines is 1. The molecule has 2 amide bonds. The Labute approximate surface area is 199 Å². The lowest BCUT2D eigenvalue weighted by molar-refractivity contribution is -0.123. The van der Waals surface area contributed by atoms with Crippen molar-refractivity contribution in [1.29, 1.82) is 0 Å². The minimum Gasteiger partial charge on any atom is -0.444 e. The SMILES string of the molecule is Cn1cc(C[C@H](NC(=O)OC(C)(C)C)C(=O)NCCc2c[nH]c3ccccc23)c2ccccc21. The number of aromatic nitrogens is 2. The van der Waals surface area contributed by atoms with Gasteiger partial charge in [-0.05, 0) is 50.5 Å². The lowest BCUT2D eigenvalue weighted by atomic mass is 10.0. The molecule has 34 heavy (non-hydrogen) atoms. The van der Waals surface area contributed by atoms with Gasteiger partial charge in [-0.15, -0.1) is 0 Å². The number of H-pyrrole nitrogens is 1. The number of alkyl carbamates (subject to hydrolysis) is 1. The van der Waals surface area contributed by atoms with Crippen LogP contribution in [0.15, 0.2) is 60.9 Å². The van der Waals surface area contributed by atoms with Gasteiger partial charge in [-0.25, -0.2) is 4.79 Å². The van der Waals surface area contributed by atoms with Gasteiger partial charge >= 0.3 is 6.09 Å². The summed E-state index contributed by atoms with van der Waals surface area (Å²) < 4.78 is 7.45. The molecule has 0 spiro atoms. The molecule has 4 rings (SSSR count). The fourth-order valence-electron chi connectivity index (χ4n) is 4.25. The first-order valence-corrected chi connectivity index (χ1v) is 11.6. The summed E-state index contributed by atoms with van der Waals surface area (Å²) in [5.74, 6) is -0.237. The second kappa shape index (κ2) is 9.63. The quantitative estimate of drug-likeness (QED) is 0.381. The molecule has 0 unspecified atom stereocenters. The first-order valence-electron chi connectivity index (χ1n) is 11.6. The minimum absolute atomic E-state index is 0.237. The van der Waals surface area contributed by atoms with E-state index in [1.165, 1.54) is 0 Å². The van der Waals surface area contributed by atoms with Crippen LogP contribution in [0.1, 0.15) is 31.9 Å². The van der Waals surface area contributed by atoms with E-state index in [-0.39, 0.29) is 5.91 Å². The molecule has 7 heteroatoms. The highest BCUT2D eigenvalue weighted by Gasteiger charge is 2.25. The van der Waals surface area contributed by atoms with Crippen molar-refractivity contribution in [1.82, 2.24) is 20.2 Å². The number of carbonyl (C=O) groups excluding carboxylic acids is 2. The molecule has 0 radical (unpaired) electrons. The molecule has 2 aromatic carbocycles. The van der Waals surface area contributed by atoms with Gasteiger partial charge in [0.15, 0.2) is 0 Å². The highest BCUT2D eigenvalue weighted by Crippen LogP contribution is 2.22. The smallest absolute Gasteiger partial charge is 0.408 e. The van der Waals surface area contributed by atoms with Crippen LogP contribution < -0.4 is 10.6 Å². The highest BCUT2D eigenvalue weighted by molar-refractivity contribution is 5.89. The molecular formula is C27H32N4O3. The van der Waals surface area contributed by atoms with E-state index in [0.717, 1.165) is 32.9 Å². The number of nitrogens with one attached hydrogen (secondary N) is 3. The standard InChI is InChI=1S/C27H32N4O3/c1-27(2,3)34-26(33)30-23(15-19-17-31(4)24-12-8-6-10-21(19)24)25(32)28-14-13-18-16-29-22-11-7-5-9-20(18)22/h5-12,16-17,23,29H,13-15H2,1-4H3,(H,28,32)(H,30,33)/t23-/m0/s1. The van der Waals surface area contributed by atoms with Gasteiger partial charge in [0.25, 0.3) is 0 Å². The Morgan fingerprint density at radius 1 is 1.03 bits per heavy atom. The zero-order valence-electron chi connectivity index (χ0n) is 20.1. The second-order valence-corrected chi connectivity index (χ2v) is 9.59. The van der Waals surface area contributed by atoms with Crippen LogP contribution in [0.3, 0.4) is 0 Å². The molecule has 0 aliphatic heterocycles. The third kappa shape index (κ3) is 5.42. The highest BCUT2D eigenvalue weighted by atomic mass is 16.6. The summed E-state index contributed by atoms with van der Waals surface area (Å²) in [6, 6.07) is 15.4. The first-order chi connectivity index (χ1) is 16.2. The zero-order valence-corrected chi connectivity index (χ0v) is 20.1. The maximum atomic E-state index is 13.2. The molecule has 0 bridgehead atoms. The van der Waals surface area contributed by atoms with Gasteiger partial charge in [-0.2, -0.15) is 0 Å². The normalized spacial score (nSPS) is 12.6. The molecule has 0 saturated heterocycles. The summed E-state index contributed by atoms with van der Waals surface area (Å²) >= 11 is 0. The predicted octanol–water partition coefficient (Wildman–Crippen LogP) is 4.45. The van der Waals surface area contributed by atoms with Gasteiger partial charge in [0.1, 0.15) is 11.6 Å². The largest absolute Gasteiger partial charge is 0.444 e. The van der Waals surface area contributed by atoms with Crippen molar-refractivity contribution in [2.75, 3.05) is 6.54 Å². The van der Waals surface area contributed by atoms with Crippen molar-refractivity contribution in [2.45, 2.75) is 45.3 Å². The summed E-state index contributed by atoms with van der Waals surface area (Å²) in [6.45, 7) is 5.86. The number of hydrogen-bond acceptors (Lipinski definition) is 3. The van der Waals surface area contributed by atoms with Gasteiger partial charge < -0.3 is 24.9 Å². The number of amides is 2. The van der Waals surface area contributed by atoms with Crippen LogP contribution in [-0.2, 0) is 29.4 Å². The van der Waals surface area contributed by atoms with Crippen LogP contribution in [0.25, 0.3) is 21.8 Å². The topological polar surface area (TPSA) is 88.2 Å². The van der Waals surface area contributed by atoms with E-state index in [9.17, 15) is 9.59 Å². The van der Waals surface area contributed by atoms with Crippen molar-refractivity contribution in [2.24, 2.45) is 7.05 Å². The molecule has 0 aliphatic carbocycles. The van der Waals surface area contributed by atoms with Crippen LogP contribution in [-0.4, -0.2) is 39.7 Å². The summed E-state index contributed by atoms with van der Waals surface area (Å²) in [5.41, 5.74) is 3.63. The average Bonchev–Trinajstić information content (AvgIpc) is 3.33. The molecule has 0 aliphatic rings. The van der Waals surface area contributed by atoms with Crippen LogP contribution in [0, 0.1) is 0 Å². The average molecular weight is 461 g/mol. The molecule has 0 saturated carbocycles. The molecule has 4 aromatic rings. The summed E-state index contributed by atoms with van der Waals surface area (Å²) in [7, 11) is 1.98. The van der Waals surface area contributed by atoms with Gasteiger partial charge in [-0.1, -0.05) is 36.4 Å². The minimum atomic E-state index is -0.761. The second-order valence-electron chi connectivity index (χ2n) is 9.59. The van der Waals surface area contributed by atoms with Crippen molar-refractivity contribution in [3.8, 4) is 0 Å². The third-order valence-corrected chi connectivity index (χ3v) is 5.78. The van der Waals surface area contributed by atoms with Crippen molar-refractivity contribution >= 4 is 33.8 Å². The Hall–Kier alpha value is -3.74. The van der Waals surface area contributed by atoms with Gasteiger partial charge in [0.2, 0.25) is 5.91 Å². The number of rotatable bonds is 7. The molecular weight excluding hydrogens is 428 g/mol. The number of carbonyl (C=O) groups is 2. The van der Waals surface area contributed by atoms with E-state index in [1.54, 1.807) is 20.8 Å². The molecule has 7 nitrogen and oxygen atoms in total. The molecule has 178 valence electrons. The zero-order chi connectivity index (χ0) is 24.3. The van der Waals surface area contributed by atoms with Crippen LogP contribution in [0.4, 0.5) is 4.79 Å². The maximum Gasteiger partial charge on any atom is 0.408 e. The van der Waals surface area contributed by atoms with Crippen LogP contribution >= 0.6 is 0 Å². The molecule has 1 atom stereocenters. The predicted molar refractivity (Wildman–Crippen MR) is 135 cm³/mol. The molecule has 2 aromatic heterocycles. The summed E-state index contributed by atoms with van der Waals surface area (Å²) in [5, 5.41) is 7.99. The van der Waals surface area contributed by atoms with Crippen molar-refractivity contribution in [3.63, 3.8) is 0 Å². The Morgan fingerprint density at radius 2 is 1.74 bits per heavy atom. The number of nitrogens with zero attached hydrogens (tertiary/aromatic N) is 1. The van der Waals surface area contributed by atoms with E-state index in [4.69, 9.17) is 4.74 Å². The van der Waals surface area contributed by atoms with Gasteiger partial charge in [-0.3, -0.25) is 4.79 Å². The van der Waals surface area contributed by atoms with E-state index in [2.05, 4.69) is 21.7 Å². The summed E-state index contributed by atoms with van der Waals surface area (Å²) in [6.07, 6.45) is 4.42. The first kappa shape index (κ1) is 23.4. The van der Waals surface area contributed by atoms with E-state index in [1.807, 2.05) is 66.5 Å². The monoisotopic (exact) mass is 460 g/mol. The van der Waals surface area contributed by atoms with Crippen LogP contribution in [0.2, 0.25) is 0 Å². The fraction of sp³-hybridized carbons (Fsp3) is 0.333. The lowest BCUT2D eigenvalue weighted by Gasteiger charge is -2.23. The fourth-order valence-corrected chi connectivity index (χ4v) is 4.25.